The van der Waals surface area contributed by atoms with E-state index in [1.165, 1.54) is 0 Å². The van der Waals surface area contributed by atoms with E-state index < -0.39 is 24.4 Å². The molecule has 1 aliphatic carbocycles. The van der Waals surface area contributed by atoms with E-state index >= 15 is 0 Å². The predicted octanol–water partition coefficient (Wildman–Crippen LogP) is 6.24. The zero-order valence-corrected chi connectivity index (χ0v) is 19.9. The molecule has 4 aromatic rings. The molecule has 0 bridgehead atoms. The van der Waals surface area contributed by atoms with Crippen molar-refractivity contribution < 1.29 is 16.2 Å². The largest absolute Gasteiger partial charge is 0.494 e. The van der Waals surface area contributed by atoms with Crippen LogP contribution >= 0.6 is 0 Å². The molecule has 4 heteroatoms. The first kappa shape index (κ1) is 15.9. The van der Waals surface area contributed by atoms with Gasteiger partial charge in [0, 0.05) is 22.1 Å². The number of hydrogen-bond donors (Lipinski definition) is 0. The highest BCUT2D eigenvalue weighted by molar-refractivity contribution is 6.62. The lowest BCUT2D eigenvalue weighted by atomic mass is 9.76. The zero-order chi connectivity index (χ0) is 27.5. The molecule has 0 atom stereocenters. The van der Waals surface area contributed by atoms with Crippen molar-refractivity contribution in [3.63, 3.8) is 0 Å². The second-order valence-corrected chi connectivity index (χ2v) is 10.6. The van der Waals surface area contributed by atoms with E-state index in [1.807, 2.05) is 62.6 Å². The lowest BCUT2D eigenvalue weighted by molar-refractivity contribution is 0.00578. The van der Waals surface area contributed by atoms with Gasteiger partial charge in [-0.05, 0) is 62.4 Å². The van der Waals surface area contributed by atoms with Crippen LogP contribution in [0, 0.1) is 0 Å². The van der Waals surface area contributed by atoms with Gasteiger partial charge in [0.25, 0.3) is 0 Å². The molecule has 33 heavy (non-hydrogen) atoms. The van der Waals surface area contributed by atoms with Crippen LogP contribution in [0.4, 0.5) is 0 Å². The summed E-state index contributed by atoms with van der Waals surface area (Å²) in [6.45, 7) is 12.4. The summed E-state index contributed by atoms with van der Waals surface area (Å²) in [4.78, 5) is 0. The van der Waals surface area contributed by atoms with Gasteiger partial charge in [-0.15, -0.1) is 0 Å². The molecule has 0 spiro atoms. The van der Waals surface area contributed by atoms with Crippen LogP contribution in [0.3, 0.4) is 0 Å². The molecule has 1 aliphatic heterocycles. The van der Waals surface area contributed by atoms with Gasteiger partial charge in [-0.25, -0.2) is 0 Å². The van der Waals surface area contributed by atoms with Gasteiger partial charge in [0.05, 0.1) is 29.3 Å². The van der Waals surface area contributed by atoms with Gasteiger partial charge in [-0.2, -0.15) is 0 Å². The summed E-state index contributed by atoms with van der Waals surface area (Å²) in [6, 6.07) is 12.6. The van der Waals surface area contributed by atoms with Gasteiger partial charge in [0.1, 0.15) is 0 Å². The SMILES string of the molecule is [2H]c1c([2H])c([2H])c(-n2c3c(c4cc(B5OC(C)(C)C(C)(C)O5)ccc42)C(C)(C)c2ccccc2-3)c([2H])c1[2H]. The third kappa shape index (κ3) is 2.77. The molecule has 2 aliphatic rings. The first-order valence-electron chi connectivity index (χ1n) is 13.9. The topological polar surface area (TPSA) is 23.4 Å². The van der Waals surface area contributed by atoms with E-state index in [2.05, 4.69) is 26.0 Å². The Balaban J connectivity index is 1.70. The number of para-hydroxylation sites is 1. The maximum atomic E-state index is 8.76. The van der Waals surface area contributed by atoms with Crippen LogP contribution in [-0.2, 0) is 14.7 Å². The third-order valence-electron chi connectivity index (χ3n) is 7.71. The van der Waals surface area contributed by atoms with E-state index in [1.54, 1.807) is 0 Å². The quantitative estimate of drug-likeness (QED) is 0.345. The summed E-state index contributed by atoms with van der Waals surface area (Å²) in [5, 5.41) is 0.945. The Kier molecular flexibility index (Phi) is 3.19. The number of rotatable bonds is 2. The van der Waals surface area contributed by atoms with Crippen molar-refractivity contribution in [2.24, 2.45) is 0 Å². The molecule has 0 N–H and O–H groups in total. The lowest BCUT2D eigenvalue weighted by Gasteiger charge is -2.32. The van der Waals surface area contributed by atoms with Crippen LogP contribution in [0.5, 0.6) is 0 Å². The molecule has 0 radical (unpaired) electrons. The van der Waals surface area contributed by atoms with Crippen molar-refractivity contribution in [1.82, 2.24) is 4.57 Å². The van der Waals surface area contributed by atoms with E-state index in [9.17, 15) is 0 Å². The Hall–Kier alpha value is -2.82. The fourth-order valence-electron chi connectivity index (χ4n) is 5.28. The maximum absolute atomic E-state index is 8.76. The molecule has 0 saturated carbocycles. The van der Waals surface area contributed by atoms with Crippen LogP contribution in [0.2, 0.25) is 0 Å². The molecule has 1 saturated heterocycles. The standard InChI is InChI=1S/C29H30BNO2/c1-27(2)23-15-11-10-14-21(23)26-25(27)22-18-19(30-32-28(3,4)29(5,6)33-30)16-17-24(22)31(26)20-12-8-7-9-13-20/h7-18H,1-6H3/i7D,8D,9D,12D,13D. The lowest BCUT2D eigenvalue weighted by Crippen LogP contribution is -2.41. The minimum absolute atomic E-state index is 0.151. The van der Waals surface area contributed by atoms with Gasteiger partial charge in [0.15, 0.2) is 0 Å². The van der Waals surface area contributed by atoms with Crippen LogP contribution in [0.1, 0.15) is 59.5 Å². The Morgan fingerprint density at radius 2 is 1.52 bits per heavy atom. The van der Waals surface area contributed by atoms with Crippen LogP contribution in [-0.4, -0.2) is 22.9 Å². The highest BCUT2D eigenvalue weighted by Gasteiger charge is 2.52. The molecule has 0 unspecified atom stereocenters. The Morgan fingerprint density at radius 3 is 2.21 bits per heavy atom. The summed E-state index contributed by atoms with van der Waals surface area (Å²) >= 11 is 0. The van der Waals surface area contributed by atoms with Crippen LogP contribution in [0.15, 0.2) is 72.7 Å². The maximum Gasteiger partial charge on any atom is 0.494 e. The smallest absolute Gasteiger partial charge is 0.399 e. The second kappa shape index (κ2) is 6.62. The van der Waals surface area contributed by atoms with E-state index in [0.29, 0.717) is 0 Å². The number of hydrogen-bond acceptors (Lipinski definition) is 2. The molecule has 1 fully saturated rings. The average molecular weight is 440 g/mol. The molecule has 166 valence electrons. The Labute approximate surface area is 203 Å². The Bertz CT molecular complexity index is 1630. The van der Waals surface area contributed by atoms with E-state index in [4.69, 9.17) is 16.2 Å². The van der Waals surface area contributed by atoms with E-state index in [-0.39, 0.29) is 35.3 Å². The highest BCUT2D eigenvalue weighted by Crippen LogP contribution is 2.53. The van der Waals surface area contributed by atoms with Gasteiger partial charge in [0.2, 0.25) is 0 Å². The first-order valence-corrected chi connectivity index (χ1v) is 11.4. The summed E-state index contributed by atoms with van der Waals surface area (Å²) in [5.41, 5.74) is 4.49. The number of fused-ring (bicyclic) bond motifs is 5. The monoisotopic (exact) mass is 440 g/mol. The molecular weight excluding hydrogens is 405 g/mol. The molecule has 2 heterocycles. The first-order chi connectivity index (χ1) is 17.7. The van der Waals surface area contributed by atoms with Crippen molar-refractivity contribution in [2.45, 2.75) is 58.2 Å². The molecule has 3 aromatic carbocycles. The Morgan fingerprint density at radius 1 is 0.848 bits per heavy atom. The normalized spacial score (nSPS) is 21.8. The molecule has 6 rings (SSSR count). The summed E-state index contributed by atoms with van der Waals surface area (Å²) in [5.74, 6) is 0. The minimum atomic E-state index is -0.545. The minimum Gasteiger partial charge on any atom is -0.399 e. The number of nitrogens with zero attached hydrogens (tertiary/aromatic N) is 1. The third-order valence-corrected chi connectivity index (χ3v) is 7.71. The van der Waals surface area contributed by atoms with Crippen molar-refractivity contribution in [2.75, 3.05) is 0 Å². The van der Waals surface area contributed by atoms with Crippen molar-refractivity contribution in [3.05, 3.63) is 83.8 Å². The van der Waals surface area contributed by atoms with Crippen molar-refractivity contribution in [1.29, 1.82) is 0 Å². The van der Waals surface area contributed by atoms with Crippen LogP contribution in [0.25, 0.3) is 27.8 Å². The highest BCUT2D eigenvalue weighted by atomic mass is 16.7. The van der Waals surface area contributed by atoms with Crippen LogP contribution < -0.4 is 5.46 Å². The predicted molar refractivity (Wildman–Crippen MR) is 137 cm³/mol. The summed E-state index contributed by atoms with van der Waals surface area (Å²) in [7, 11) is -0.545. The van der Waals surface area contributed by atoms with Gasteiger partial charge in [-0.1, -0.05) is 68.4 Å². The van der Waals surface area contributed by atoms with Crippen molar-refractivity contribution >= 4 is 23.5 Å². The summed E-state index contributed by atoms with van der Waals surface area (Å²) < 4.78 is 56.9. The van der Waals surface area contributed by atoms with Crippen molar-refractivity contribution in [3.8, 4) is 16.9 Å². The molecular formula is C29H30BNO2. The number of aromatic nitrogens is 1. The fraction of sp³-hybridized carbons (Fsp3) is 0.310. The number of benzene rings is 3. The molecule has 1 aromatic heterocycles. The molecule has 3 nitrogen and oxygen atoms in total. The van der Waals surface area contributed by atoms with E-state index in [0.717, 1.165) is 38.8 Å². The molecule has 0 amide bonds. The van der Waals surface area contributed by atoms with Gasteiger partial charge >= 0.3 is 7.12 Å². The van der Waals surface area contributed by atoms with Gasteiger partial charge in [-0.3, -0.25) is 0 Å². The average Bonchev–Trinajstić information content (AvgIpc) is 3.40. The fourth-order valence-corrected chi connectivity index (χ4v) is 5.28. The zero-order valence-electron chi connectivity index (χ0n) is 24.9. The van der Waals surface area contributed by atoms with Gasteiger partial charge < -0.3 is 13.9 Å². The second-order valence-electron chi connectivity index (χ2n) is 10.6. The summed E-state index contributed by atoms with van der Waals surface area (Å²) in [6.07, 6.45) is 0.